The molecule has 0 bridgehead atoms. The van der Waals surface area contributed by atoms with Gasteiger partial charge in [0, 0.05) is 12.1 Å². The lowest BCUT2D eigenvalue weighted by atomic mass is 10.1. The molecular weight excluding hydrogens is 245 g/mol. The summed E-state index contributed by atoms with van der Waals surface area (Å²) in [7, 11) is 0. The molecular formula is C11H19Cl2N3. The normalized spacial score (nSPS) is 21.0. The quantitative estimate of drug-likeness (QED) is 0.889. The van der Waals surface area contributed by atoms with Gasteiger partial charge >= 0.3 is 0 Å². The smallest absolute Gasteiger partial charge is 0.0655 e. The Morgan fingerprint density at radius 2 is 1.81 bits per heavy atom. The Morgan fingerprint density at radius 1 is 1.12 bits per heavy atom. The Kier molecular flexibility index (Phi) is 5.09. The van der Waals surface area contributed by atoms with E-state index < -0.39 is 0 Å². The minimum atomic E-state index is 0. The number of halogens is 2. The first-order chi connectivity index (χ1) is 6.93. The zero-order valence-corrected chi connectivity index (χ0v) is 10.9. The van der Waals surface area contributed by atoms with Crippen LogP contribution in [0.1, 0.15) is 43.3 Å². The fourth-order valence-electron chi connectivity index (χ4n) is 2.22. The first-order valence-corrected chi connectivity index (χ1v) is 5.69. The summed E-state index contributed by atoms with van der Waals surface area (Å²) in [5.41, 5.74) is 1.32. The van der Waals surface area contributed by atoms with Crippen LogP contribution >= 0.6 is 24.8 Å². The molecule has 2 heterocycles. The molecule has 3 rings (SSSR count). The molecule has 1 aliphatic carbocycles. The first-order valence-electron chi connectivity index (χ1n) is 5.69. The molecule has 2 fully saturated rings. The van der Waals surface area contributed by atoms with Crippen LogP contribution in [0.25, 0.3) is 0 Å². The Hall–Kier alpha value is -0.250. The fourth-order valence-corrected chi connectivity index (χ4v) is 2.22. The van der Waals surface area contributed by atoms with E-state index in [2.05, 4.69) is 27.4 Å². The maximum atomic E-state index is 4.68. The van der Waals surface area contributed by atoms with Gasteiger partial charge in [-0.15, -0.1) is 24.8 Å². The molecule has 1 aromatic rings. The van der Waals surface area contributed by atoms with Crippen LogP contribution in [0.4, 0.5) is 0 Å². The Balaban J connectivity index is 0.000000640. The average molecular weight is 264 g/mol. The van der Waals surface area contributed by atoms with Gasteiger partial charge in [-0.05, 0) is 44.8 Å². The molecule has 1 N–H and O–H groups in total. The summed E-state index contributed by atoms with van der Waals surface area (Å²) in [6.07, 6.45) is 7.33. The highest BCUT2D eigenvalue weighted by Crippen LogP contribution is 2.39. The van der Waals surface area contributed by atoms with Crippen molar-refractivity contribution in [3.63, 3.8) is 0 Å². The second kappa shape index (κ2) is 5.89. The van der Waals surface area contributed by atoms with Gasteiger partial charge in [-0.25, -0.2) is 0 Å². The van der Waals surface area contributed by atoms with Crippen molar-refractivity contribution in [2.75, 3.05) is 13.1 Å². The van der Waals surface area contributed by atoms with Gasteiger partial charge in [0.25, 0.3) is 0 Å². The summed E-state index contributed by atoms with van der Waals surface area (Å²) in [4.78, 5) is 0. The van der Waals surface area contributed by atoms with E-state index in [9.17, 15) is 0 Å². The van der Waals surface area contributed by atoms with Gasteiger partial charge in [-0.3, -0.25) is 4.68 Å². The van der Waals surface area contributed by atoms with Crippen LogP contribution in [0, 0.1) is 0 Å². The average Bonchev–Trinajstić information content (AvgIpc) is 2.98. The van der Waals surface area contributed by atoms with Crippen molar-refractivity contribution in [1.82, 2.24) is 15.1 Å². The van der Waals surface area contributed by atoms with Gasteiger partial charge in [-0.1, -0.05) is 0 Å². The standard InChI is InChI=1S/C11H17N3.2ClH/c1-2-9(1)11-5-8-14(13-11)10-3-6-12-7-4-10;;/h5,8-10,12H,1-4,6-7H2;2*1H. The largest absolute Gasteiger partial charge is 0.317 e. The van der Waals surface area contributed by atoms with E-state index in [4.69, 9.17) is 0 Å². The molecule has 0 atom stereocenters. The lowest BCUT2D eigenvalue weighted by molar-refractivity contribution is 0.341. The second-order valence-electron chi connectivity index (χ2n) is 4.48. The predicted molar refractivity (Wildman–Crippen MR) is 69.8 cm³/mol. The lowest BCUT2D eigenvalue weighted by Crippen LogP contribution is -2.29. The Bertz CT molecular complexity index is 317. The second-order valence-corrected chi connectivity index (χ2v) is 4.48. The molecule has 3 nitrogen and oxygen atoms in total. The van der Waals surface area contributed by atoms with E-state index in [-0.39, 0.29) is 24.8 Å². The van der Waals surface area contributed by atoms with Crippen molar-refractivity contribution in [2.45, 2.75) is 37.6 Å². The van der Waals surface area contributed by atoms with Crippen LogP contribution in [-0.2, 0) is 0 Å². The van der Waals surface area contributed by atoms with Crippen molar-refractivity contribution in [3.8, 4) is 0 Å². The highest BCUT2D eigenvalue weighted by molar-refractivity contribution is 5.85. The third kappa shape index (κ3) is 2.90. The highest BCUT2D eigenvalue weighted by atomic mass is 35.5. The highest BCUT2D eigenvalue weighted by Gasteiger charge is 2.26. The summed E-state index contributed by atoms with van der Waals surface area (Å²) in [6, 6.07) is 2.85. The molecule has 2 aliphatic rings. The van der Waals surface area contributed by atoms with E-state index >= 15 is 0 Å². The summed E-state index contributed by atoms with van der Waals surface area (Å²) < 4.78 is 2.19. The SMILES string of the molecule is Cl.Cl.c1cn(C2CCNCC2)nc1C1CC1. The zero-order chi connectivity index (χ0) is 9.38. The third-order valence-electron chi connectivity index (χ3n) is 3.31. The van der Waals surface area contributed by atoms with E-state index in [0.29, 0.717) is 6.04 Å². The van der Waals surface area contributed by atoms with Gasteiger partial charge in [0.05, 0.1) is 11.7 Å². The molecule has 16 heavy (non-hydrogen) atoms. The van der Waals surface area contributed by atoms with Crippen LogP contribution in [0.5, 0.6) is 0 Å². The first kappa shape index (κ1) is 13.8. The molecule has 0 amide bonds. The Morgan fingerprint density at radius 3 is 2.44 bits per heavy atom. The molecule has 1 saturated heterocycles. The molecule has 1 aromatic heterocycles. The molecule has 5 heteroatoms. The Labute approximate surface area is 109 Å². The molecule has 0 aromatic carbocycles. The maximum Gasteiger partial charge on any atom is 0.0655 e. The monoisotopic (exact) mass is 263 g/mol. The van der Waals surface area contributed by atoms with Gasteiger partial charge in [-0.2, -0.15) is 5.10 Å². The number of hydrogen-bond acceptors (Lipinski definition) is 2. The number of piperidine rings is 1. The van der Waals surface area contributed by atoms with Crippen LogP contribution in [-0.4, -0.2) is 22.9 Å². The molecule has 0 unspecified atom stereocenters. The van der Waals surface area contributed by atoms with Crippen molar-refractivity contribution in [1.29, 1.82) is 0 Å². The minimum absolute atomic E-state index is 0. The molecule has 0 radical (unpaired) electrons. The number of aromatic nitrogens is 2. The van der Waals surface area contributed by atoms with Gasteiger partial charge in [0.1, 0.15) is 0 Å². The fraction of sp³-hybridized carbons (Fsp3) is 0.727. The minimum Gasteiger partial charge on any atom is -0.317 e. The number of nitrogens with one attached hydrogen (secondary N) is 1. The summed E-state index contributed by atoms with van der Waals surface area (Å²) in [5.74, 6) is 0.790. The van der Waals surface area contributed by atoms with Gasteiger partial charge in [0.15, 0.2) is 0 Å². The maximum absolute atomic E-state index is 4.68. The summed E-state index contributed by atoms with van der Waals surface area (Å²) in [6.45, 7) is 2.28. The van der Waals surface area contributed by atoms with E-state index in [0.717, 1.165) is 19.0 Å². The lowest BCUT2D eigenvalue weighted by Gasteiger charge is -2.22. The third-order valence-corrected chi connectivity index (χ3v) is 3.31. The number of rotatable bonds is 2. The van der Waals surface area contributed by atoms with Crippen LogP contribution in [0.15, 0.2) is 12.3 Å². The van der Waals surface area contributed by atoms with Crippen molar-refractivity contribution in [2.24, 2.45) is 0 Å². The number of hydrogen-bond donors (Lipinski definition) is 1. The van der Waals surface area contributed by atoms with Crippen molar-refractivity contribution >= 4 is 24.8 Å². The molecule has 1 aliphatic heterocycles. The summed E-state index contributed by atoms with van der Waals surface area (Å²) in [5, 5.41) is 8.07. The van der Waals surface area contributed by atoms with Crippen molar-refractivity contribution < 1.29 is 0 Å². The summed E-state index contributed by atoms with van der Waals surface area (Å²) >= 11 is 0. The van der Waals surface area contributed by atoms with Crippen molar-refractivity contribution in [3.05, 3.63) is 18.0 Å². The molecule has 0 spiro atoms. The molecule has 92 valence electrons. The number of nitrogens with zero attached hydrogens (tertiary/aromatic N) is 2. The zero-order valence-electron chi connectivity index (χ0n) is 9.26. The van der Waals surface area contributed by atoms with E-state index in [1.807, 2.05) is 0 Å². The predicted octanol–water partition coefficient (Wildman–Crippen LogP) is 2.53. The van der Waals surface area contributed by atoms with E-state index in [1.165, 1.54) is 31.4 Å². The van der Waals surface area contributed by atoms with Crippen LogP contribution in [0.2, 0.25) is 0 Å². The van der Waals surface area contributed by atoms with Gasteiger partial charge in [0.2, 0.25) is 0 Å². The topological polar surface area (TPSA) is 29.9 Å². The van der Waals surface area contributed by atoms with E-state index in [1.54, 1.807) is 0 Å². The van der Waals surface area contributed by atoms with Gasteiger partial charge < -0.3 is 5.32 Å². The molecule has 1 saturated carbocycles. The van der Waals surface area contributed by atoms with Crippen LogP contribution < -0.4 is 5.32 Å². The van der Waals surface area contributed by atoms with Crippen LogP contribution in [0.3, 0.4) is 0 Å².